The minimum absolute atomic E-state index is 1.13. The first-order valence-corrected chi connectivity index (χ1v) is 5.51. The van der Waals surface area contributed by atoms with Crippen molar-refractivity contribution in [2.24, 2.45) is 0 Å². The Morgan fingerprint density at radius 1 is 1.38 bits per heavy atom. The van der Waals surface area contributed by atoms with E-state index in [1.165, 1.54) is 16.1 Å². The minimum atomic E-state index is 1.13. The summed E-state index contributed by atoms with van der Waals surface area (Å²) in [4.78, 5) is 0. The van der Waals surface area contributed by atoms with E-state index >= 15 is 0 Å². The zero-order valence-corrected chi connectivity index (χ0v) is 8.77. The molecule has 2 heteroatoms. The molecule has 0 fully saturated rings. The summed E-state index contributed by atoms with van der Waals surface area (Å²) in [6.07, 6.45) is 2.13. The van der Waals surface area contributed by atoms with Crippen LogP contribution in [0.1, 0.15) is 12.5 Å². The van der Waals surface area contributed by atoms with Crippen LogP contribution in [0.5, 0.6) is 0 Å². The molecule has 2 aromatic rings. The van der Waals surface area contributed by atoms with Crippen molar-refractivity contribution in [3.05, 3.63) is 36.0 Å². The van der Waals surface area contributed by atoms with E-state index in [0.29, 0.717) is 0 Å². The second-order valence-electron chi connectivity index (χ2n) is 3.06. The molecule has 0 saturated heterocycles. The van der Waals surface area contributed by atoms with Gasteiger partial charge in [-0.05, 0) is 36.4 Å². The quantitative estimate of drug-likeness (QED) is 0.659. The first-order valence-electron chi connectivity index (χ1n) is 4.52. The Morgan fingerprint density at radius 2 is 2.23 bits per heavy atom. The molecule has 0 bridgehead atoms. The molecule has 68 valence electrons. The van der Waals surface area contributed by atoms with Gasteiger partial charge in [0.05, 0.1) is 5.03 Å². The zero-order valence-electron chi connectivity index (χ0n) is 7.95. The van der Waals surface area contributed by atoms with Gasteiger partial charge in [-0.25, -0.2) is 0 Å². The highest BCUT2D eigenvalue weighted by atomic mass is 32.2. The molecule has 0 spiro atoms. The van der Waals surface area contributed by atoms with E-state index in [2.05, 4.69) is 48.7 Å². The van der Waals surface area contributed by atoms with Crippen LogP contribution in [0.2, 0.25) is 0 Å². The first kappa shape index (κ1) is 8.70. The number of rotatable bonds is 2. The molecule has 0 aromatic carbocycles. The van der Waals surface area contributed by atoms with E-state index in [1.54, 1.807) is 0 Å². The Labute approximate surface area is 82.8 Å². The fourth-order valence-corrected chi connectivity index (χ4v) is 2.42. The third-order valence-electron chi connectivity index (χ3n) is 2.09. The average Bonchev–Trinajstić information content (AvgIpc) is 2.44. The second kappa shape index (κ2) is 3.46. The number of pyridine rings is 1. The monoisotopic (exact) mass is 191 g/mol. The predicted octanol–water partition coefficient (Wildman–Crippen LogP) is 3.36. The summed E-state index contributed by atoms with van der Waals surface area (Å²) in [6.45, 7) is 4.36. The molecule has 1 nitrogen and oxygen atoms in total. The Kier molecular flexibility index (Phi) is 2.32. The highest BCUT2D eigenvalue weighted by Crippen LogP contribution is 2.25. The van der Waals surface area contributed by atoms with Crippen molar-refractivity contribution in [1.29, 1.82) is 0 Å². The van der Waals surface area contributed by atoms with Crippen LogP contribution in [-0.4, -0.2) is 10.2 Å². The molecule has 0 N–H and O–H groups in total. The molecular weight excluding hydrogens is 178 g/mol. The number of hydrogen-bond acceptors (Lipinski definition) is 1. The van der Waals surface area contributed by atoms with Crippen molar-refractivity contribution in [2.45, 2.75) is 18.9 Å². The van der Waals surface area contributed by atoms with Gasteiger partial charge in [-0.1, -0.05) is 13.0 Å². The van der Waals surface area contributed by atoms with Crippen LogP contribution in [0.15, 0.2) is 35.5 Å². The predicted molar refractivity (Wildman–Crippen MR) is 58.5 cm³/mol. The maximum absolute atomic E-state index is 2.25. The number of aryl methyl sites for hydroxylation is 1. The maximum atomic E-state index is 2.25. The van der Waals surface area contributed by atoms with Gasteiger partial charge in [-0.2, -0.15) is 0 Å². The molecule has 0 saturated carbocycles. The topological polar surface area (TPSA) is 4.41 Å². The lowest BCUT2D eigenvalue weighted by molar-refractivity contribution is 1.03. The summed E-state index contributed by atoms with van der Waals surface area (Å²) in [5, 5.41) is 1.37. The van der Waals surface area contributed by atoms with Gasteiger partial charge < -0.3 is 4.40 Å². The smallest absolute Gasteiger partial charge is 0.0823 e. The lowest BCUT2D eigenvalue weighted by Crippen LogP contribution is -1.85. The van der Waals surface area contributed by atoms with Crippen LogP contribution < -0.4 is 0 Å². The van der Waals surface area contributed by atoms with Crippen LogP contribution in [0.4, 0.5) is 0 Å². The van der Waals surface area contributed by atoms with Crippen LogP contribution in [0, 0.1) is 6.92 Å². The van der Waals surface area contributed by atoms with Gasteiger partial charge in [0.25, 0.3) is 0 Å². The molecule has 13 heavy (non-hydrogen) atoms. The molecule has 0 aliphatic carbocycles. The summed E-state index contributed by atoms with van der Waals surface area (Å²) in [5.41, 5.74) is 2.66. The van der Waals surface area contributed by atoms with Gasteiger partial charge in [0, 0.05) is 11.7 Å². The number of fused-ring (bicyclic) bond motifs is 1. The fourth-order valence-electron chi connectivity index (χ4n) is 1.55. The van der Waals surface area contributed by atoms with Gasteiger partial charge in [0.1, 0.15) is 0 Å². The molecule has 2 rings (SSSR count). The molecule has 0 aliphatic heterocycles. The summed E-state index contributed by atoms with van der Waals surface area (Å²) in [7, 11) is 0. The van der Waals surface area contributed by atoms with Gasteiger partial charge in [0.2, 0.25) is 0 Å². The molecule has 0 unspecified atom stereocenters. The van der Waals surface area contributed by atoms with Crippen LogP contribution in [0.3, 0.4) is 0 Å². The van der Waals surface area contributed by atoms with Crippen LogP contribution in [-0.2, 0) is 0 Å². The first-order chi connectivity index (χ1) is 6.33. The molecule has 0 radical (unpaired) electrons. The van der Waals surface area contributed by atoms with E-state index in [-0.39, 0.29) is 0 Å². The summed E-state index contributed by atoms with van der Waals surface area (Å²) in [6, 6.07) is 8.53. The van der Waals surface area contributed by atoms with Crippen molar-refractivity contribution < 1.29 is 0 Å². The third kappa shape index (κ3) is 1.46. The zero-order chi connectivity index (χ0) is 9.26. The molecule has 0 atom stereocenters. The number of nitrogens with zero attached hydrogens (tertiary/aromatic N) is 1. The molecule has 0 amide bonds. The van der Waals surface area contributed by atoms with Gasteiger partial charge in [-0.15, -0.1) is 11.8 Å². The normalized spacial score (nSPS) is 10.9. The fraction of sp³-hybridized carbons (Fsp3) is 0.273. The third-order valence-corrected chi connectivity index (χ3v) is 3.17. The van der Waals surface area contributed by atoms with Crippen molar-refractivity contribution in [1.82, 2.24) is 4.40 Å². The van der Waals surface area contributed by atoms with Crippen LogP contribution >= 0.6 is 11.8 Å². The van der Waals surface area contributed by atoms with Gasteiger partial charge in [-0.3, -0.25) is 0 Å². The van der Waals surface area contributed by atoms with E-state index in [1.807, 2.05) is 11.8 Å². The Hall–Kier alpha value is -0.890. The lowest BCUT2D eigenvalue weighted by atomic mass is 10.3. The van der Waals surface area contributed by atoms with E-state index < -0.39 is 0 Å². The van der Waals surface area contributed by atoms with Gasteiger partial charge in [0.15, 0.2) is 0 Å². The van der Waals surface area contributed by atoms with E-state index in [4.69, 9.17) is 0 Å². The SMILES string of the molecule is CCSc1c(C)cc2ccccn12. The Balaban J connectivity index is 2.64. The van der Waals surface area contributed by atoms with Crippen molar-refractivity contribution in [3.63, 3.8) is 0 Å². The van der Waals surface area contributed by atoms with Crippen molar-refractivity contribution in [2.75, 3.05) is 5.75 Å². The lowest BCUT2D eigenvalue weighted by Gasteiger charge is -2.00. The van der Waals surface area contributed by atoms with Crippen LogP contribution in [0.25, 0.3) is 5.52 Å². The largest absolute Gasteiger partial charge is 0.311 e. The van der Waals surface area contributed by atoms with E-state index in [9.17, 15) is 0 Å². The molecule has 2 heterocycles. The number of aromatic nitrogens is 1. The number of thioether (sulfide) groups is 1. The summed E-state index contributed by atoms with van der Waals surface area (Å²) in [5.74, 6) is 1.13. The average molecular weight is 191 g/mol. The summed E-state index contributed by atoms with van der Waals surface area (Å²) < 4.78 is 2.25. The number of hydrogen-bond donors (Lipinski definition) is 0. The minimum Gasteiger partial charge on any atom is -0.311 e. The standard InChI is InChI=1S/C11H13NS/c1-3-13-11-9(2)8-10-6-4-5-7-12(10)11/h4-8H,3H2,1-2H3. The maximum Gasteiger partial charge on any atom is 0.0823 e. The summed E-state index contributed by atoms with van der Waals surface area (Å²) >= 11 is 1.90. The molecule has 0 aliphatic rings. The molecular formula is C11H13NS. The Morgan fingerprint density at radius 3 is 3.00 bits per heavy atom. The molecule has 2 aromatic heterocycles. The highest BCUT2D eigenvalue weighted by molar-refractivity contribution is 7.99. The Bertz CT molecular complexity index is 417. The van der Waals surface area contributed by atoms with E-state index in [0.717, 1.165) is 5.75 Å². The van der Waals surface area contributed by atoms with Crippen molar-refractivity contribution >= 4 is 17.3 Å². The van der Waals surface area contributed by atoms with Gasteiger partial charge >= 0.3 is 0 Å². The highest BCUT2D eigenvalue weighted by Gasteiger charge is 2.04. The van der Waals surface area contributed by atoms with Crippen molar-refractivity contribution in [3.8, 4) is 0 Å². The second-order valence-corrected chi connectivity index (χ2v) is 4.31.